The minimum Gasteiger partial charge on any atom is -0.760 e. The summed E-state index contributed by atoms with van der Waals surface area (Å²) in [6, 6.07) is 9.37. The van der Waals surface area contributed by atoms with Crippen LogP contribution in [0.15, 0.2) is 53.6 Å². The van der Waals surface area contributed by atoms with E-state index in [0.717, 1.165) is 22.8 Å². The van der Waals surface area contributed by atoms with Gasteiger partial charge in [-0.05, 0) is 60.4 Å². The van der Waals surface area contributed by atoms with Crippen LogP contribution in [-0.2, 0) is 37.5 Å². The number of aryl methyl sites for hydroxylation is 2. The molecule has 0 radical (unpaired) electrons. The van der Waals surface area contributed by atoms with Crippen molar-refractivity contribution in [3.63, 3.8) is 0 Å². The molecule has 1 atom stereocenters. The number of imidazole rings is 1. The van der Waals surface area contributed by atoms with Crippen LogP contribution >= 0.6 is 11.6 Å². The maximum atomic E-state index is 13.5. The second-order valence-electron chi connectivity index (χ2n) is 9.16. The maximum Gasteiger partial charge on any atom is 0.417 e. The number of benzene rings is 2. The van der Waals surface area contributed by atoms with E-state index in [9.17, 15) is 26.7 Å². The van der Waals surface area contributed by atoms with Crippen molar-refractivity contribution in [3.8, 4) is 11.1 Å². The number of nitrogens with zero attached hydrogens (tertiary/aromatic N) is 3. The summed E-state index contributed by atoms with van der Waals surface area (Å²) in [5.41, 5.74) is 3.23. The zero-order valence-corrected chi connectivity index (χ0v) is 22.3. The molecule has 204 valence electrons. The Labute approximate surface area is 227 Å². The van der Waals surface area contributed by atoms with E-state index in [0.29, 0.717) is 39.7 Å². The molecule has 0 saturated heterocycles. The van der Waals surface area contributed by atoms with Crippen LogP contribution in [0.1, 0.15) is 22.5 Å². The van der Waals surface area contributed by atoms with Crippen molar-refractivity contribution in [2.75, 3.05) is 6.54 Å². The number of rotatable bonds is 7. The number of hydrogen-bond donors (Lipinski definition) is 2. The van der Waals surface area contributed by atoms with E-state index in [1.165, 1.54) is 16.7 Å². The summed E-state index contributed by atoms with van der Waals surface area (Å²) in [7, 11) is 1.65. The molecule has 8 nitrogen and oxygen atoms in total. The Hall–Kier alpha value is -3.45. The maximum absolute atomic E-state index is 13.5. The molecule has 39 heavy (non-hydrogen) atoms. The van der Waals surface area contributed by atoms with Gasteiger partial charge in [-0.25, -0.2) is 9.71 Å². The van der Waals surface area contributed by atoms with Gasteiger partial charge >= 0.3 is 6.18 Å². The average molecular weight is 577 g/mol. The predicted octanol–water partition coefficient (Wildman–Crippen LogP) is 4.84. The first-order valence-corrected chi connectivity index (χ1v) is 13.2. The normalized spacial score (nSPS) is 13.0. The first-order valence-electron chi connectivity index (χ1n) is 11.8. The van der Waals surface area contributed by atoms with Crippen molar-refractivity contribution in [2.24, 2.45) is 7.05 Å². The van der Waals surface area contributed by atoms with Crippen molar-refractivity contribution in [2.45, 2.75) is 26.1 Å². The highest BCUT2D eigenvalue weighted by atomic mass is 35.5. The van der Waals surface area contributed by atoms with Crippen LogP contribution in [0, 0.1) is 6.92 Å². The van der Waals surface area contributed by atoms with E-state index < -0.39 is 23.0 Å². The topological polar surface area (TPSA) is 108 Å². The minimum atomic E-state index is -4.60. The highest BCUT2D eigenvalue weighted by molar-refractivity contribution is 7.77. The minimum absolute atomic E-state index is 0.0984. The number of nitrogens with one attached hydrogen (secondary N) is 2. The molecule has 0 bridgehead atoms. The van der Waals surface area contributed by atoms with Crippen molar-refractivity contribution in [1.82, 2.24) is 23.8 Å². The molecule has 2 N–H and O–H groups in total. The van der Waals surface area contributed by atoms with Gasteiger partial charge in [-0.1, -0.05) is 17.7 Å². The van der Waals surface area contributed by atoms with Gasteiger partial charge < -0.3 is 18.7 Å². The number of H-pyrrole nitrogens is 1. The monoisotopic (exact) mass is 576 g/mol. The van der Waals surface area contributed by atoms with Crippen LogP contribution in [0.4, 0.5) is 13.2 Å². The largest absolute Gasteiger partial charge is 0.760 e. The molecule has 0 aliphatic rings. The van der Waals surface area contributed by atoms with Crippen molar-refractivity contribution >= 4 is 44.8 Å². The van der Waals surface area contributed by atoms with Gasteiger partial charge in [0.25, 0.3) is 5.56 Å². The van der Waals surface area contributed by atoms with Gasteiger partial charge in [-0.3, -0.25) is 9.00 Å². The third-order valence-electron chi connectivity index (χ3n) is 6.62. The fourth-order valence-corrected chi connectivity index (χ4v) is 5.29. The number of aromatic amines is 1. The van der Waals surface area contributed by atoms with E-state index in [1.54, 1.807) is 37.0 Å². The number of halogens is 4. The zero-order valence-electron chi connectivity index (χ0n) is 20.7. The van der Waals surface area contributed by atoms with Crippen LogP contribution < -0.4 is 10.3 Å². The lowest BCUT2D eigenvalue weighted by atomic mass is 9.99. The van der Waals surface area contributed by atoms with Gasteiger partial charge in [0.1, 0.15) is 11.3 Å². The third kappa shape index (κ3) is 5.24. The Bertz CT molecular complexity index is 1810. The Morgan fingerprint density at radius 2 is 1.97 bits per heavy atom. The molecule has 5 aromatic rings. The molecule has 0 amide bonds. The quantitative estimate of drug-likeness (QED) is 0.270. The molecule has 2 aromatic carbocycles. The third-order valence-corrected chi connectivity index (χ3v) is 7.39. The average Bonchev–Trinajstić information content (AvgIpc) is 3.47. The SMILES string of the molecule is Cc1nc2c(CCNS(=O)[O-])cc(-c3cn(C)c(=O)c4[nH]ccc34)cc2n1Cc1ccc(Cl)c(C(F)(F)F)c1. The zero-order chi connectivity index (χ0) is 28.1. The molecule has 5 rings (SSSR count). The molecule has 3 heterocycles. The summed E-state index contributed by atoms with van der Waals surface area (Å²) >= 11 is 3.37. The molecule has 0 aliphatic carbocycles. The smallest absolute Gasteiger partial charge is 0.417 e. The number of hydrogen-bond acceptors (Lipinski definition) is 4. The van der Waals surface area contributed by atoms with E-state index in [-0.39, 0.29) is 23.7 Å². The van der Waals surface area contributed by atoms with Gasteiger partial charge in [-0.15, -0.1) is 0 Å². The Morgan fingerprint density at radius 3 is 2.69 bits per heavy atom. The fourth-order valence-electron chi connectivity index (χ4n) is 4.79. The molecule has 0 aliphatic heterocycles. The van der Waals surface area contributed by atoms with Crippen LogP contribution in [0.25, 0.3) is 33.1 Å². The van der Waals surface area contributed by atoms with Gasteiger partial charge in [0.05, 0.1) is 21.6 Å². The molecular formula is C26H22ClF3N5O3S-. The molecule has 1 unspecified atom stereocenters. The lowest BCUT2D eigenvalue weighted by Gasteiger charge is -2.14. The molecule has 3 aromatic heterocycles. The Kier molecular flexibility index (Phi) is 7.14. The van der Waals surface area contributed by atoms with Crippen molar-refractivity contribution in [3.05, 3.63) is 86.7 Å². The first-order chi connectivity index (χ1) is 18.4. The number of pyridine rings is 1. The summed E-state index contributed by atoms with van der Waals surface area (Å²) in [6.07, 6.45) is -0.887. The summed E-state index contributed by atoms with van der Waals surface area (Å²) in [4.78, 5) is 20.3. The lowest BCUT2D eigenvalue weighted by Crippen LogP contribution is -2.19. The van der Waals surface area contributed by atoms with E-state index in [2.05, 4.69) is 14.7 Å². The molecule has 0 fully saturated rings. The predicted molar refractivity (Wildman–Crippen MR) is 143 cm³/mol. The number of alkyl halides is 3. The second-order valence-corrected chi connectivity index (χ2v) is 10.3. The Balaban J connectivity index is 1.69. The van der Waals surface area contributed by atoms with Crippen LogP contribution in [0.5, 0.6) is 0 Å². The first kappa shape index (κ1) is 27.1. The summed E-state index contributed by atoms with van der Waals surface area (Å²) in [6.45, 7) is 1.98. The van der Waals surface area contributed by atoms with Gasteiger partial charge in [0.2, 0.25) is 0 Å². The van der Waals surface area contributed by atoms with Crippen LogP contribution in [0.3, 0.4) is 0 Å². The van der Waals surface area contributed by atoms with Gasteiger partial charge in [0, 0.05) is 54.7 Å². The van der Waals surface area contributed by atoms with E-state index >= 15 is 0 Å². The van der Waals surface area contributed by atoms with Crippen molar-refractivity contribution < 1.29 is 21.9 Å². The fraction of sp³-hybridized carbons (Fsp3) is 0.231. The van der Waals surface area contributed by atoms with Crippen LogP contribution in [0.2, 0.25) is 5.02 Å². The van der Waals surface area contributed by atoms with Crippen LogP contribution in [-0.4, -0.2) is 34.4 Å². The van der Waals surface area contributed by atoms with E-state index in [1.807, 2.05) is 12.1 Å². The molecule has 0 saturated carbocycles. The number of fused-ring (bicyclic) bond motifs is 2. The van der Waals surface area contributed by atoms with Gasteiger partial charge in [-0.2, -0.15) is 13.2 Å². The summed E-state index contributed by atoms with van der Waals surface area (Å²) in [5, 5.41) is 0.328. The standard InChI is InChI=1S/C26H23ClF3N5O3S/c1-14-33-23-16(5-8-32-39(37)38)10-17(19-13-34(2)25(36)24-18(19)6-7-31-24)11-22(23)35(14)12-15-3-4-21(27)20(9-15)26(28,29)30/h3-4,6-7,9-11,13,31-32H,5,8,12H2,1-2H3,(H,37,38)/p-1. The summed E-state index contributed by atoms with van der Waals surface area (Å²) < 4.78 is 68.2. The number of aromatic nitrogens is 4. The highest BCUT2D eigenvalue weighted by Gasteiger charge is 2.33. The molecule has 13 heteroatoms. The second kappa shape index (κ2) is 10.3. The highest BCUT2D eigenvalue weighted by Crippen LogP contribution is 2.36. The molecular weight excluding hydrogens is 555 g/mol. The van der Waals surface area contributed by atoms with Crippen molar-refractivity contribution in [1.29, 1.82) is 0 Å². The summed E-state index contributed by atoms with van der Waals surface area (Å²) in [5.74, 6) is 0.569. The lowest BCUT2D eigenvalue weighted by molar-refractivity contribution is -0.137. The van der Waals surface area contributed by atoms with Gasteiger partial charge in [0.15, 0.2) is 0 Å². The van der Waals surface area contributed by atoms with E-state index in [4.69, 9.17) is 11.6 Å². The Morgan fingerprint density at radius 1 is 1.21 bits per heavy atom. The molecule has 0 spiro atoms.